The summed E-state index contributed by atoms with van der Waals surface area (Å²) in [5.41, 5.74) is 2.66. The first-order valence-corrected chi connectivity index (χ1v) is 11.4. The molecule has 4 atom stereocenters. The molecule has 0 saturated heterocycles. The Morgan fingerprint density at radius 2 is 2.12 bits per heavy atom. The third kappa shape index (κ3) is 4.77. The Morgan fingerprint density at radius 1 is 1.34 bits per heavy atom. The van der Waals surface area contributed by atoms with E-state index in [9.17, 15) is 14.3 Å². The summed E-state index contributed by atoms with van der Waals surface area (Å²) in [6.07, 6.45) is 1.13. The molecule has 172 valence electrons. The van der Waals surface area contributed by atoms with E-state index in [0.29, 0.717) is 13.0 Å². The number of carbonyl (C=O) groups is 1. The molecule has 0 bridgehead atoms. The molecule has 0 amide bonds. The number of carboxylic acid groups (broad SMARTS) is 1. The Balaban J connectivity index is 1.23. The maximum Gasteiger partial charge on any atom is 0.311 e. The molecule has 2 aromatic carbocycles. The zero-order valence-corrected chi connectivity index (χ0v) is 19.3. The summed E-state index contributed by atoms with van der Waals surface area (Å²) in [7, 11) is 0. The van der Waals surface area contributed by atoms with Gasteiger partial charge in [0.05, 0.1) is 11.1 Å². The fourth-order valence-electron chi connectivity index (χ4n) is 4.59. The van der Waals surface area contributed by atoms with E-state index in [-0.39, 0.29) is 28.7 Å². The number of halogens is 2. The van der Waals surface area contributed by atoms with Crippen molar-refractivity contribution in [1.29, 1.82) is 0 Å². The summed E-state index contributed by atoms with van der Waals surface area (Å²) < 4.78 is 25.7. The molecule has 32 heavy (non-hydrogen) atoms. The Kier molecular flexibility index (Phi) is 6.48. The van der Waals surface area contributed by atoms with Gasteiger partial charge < -0.3 is 19.9 Å². The van der Waals surface area contributed by atoms with Crippen molar-refractivity contribution in [3.05, 3.63) is 63.9 Å². The minimum atomic E-state index is -0.794. The Labute approximate surface area is 192 Å². The van der Waals surface area contributed by atoms with E-state index in [1.165, 1.54) is 6.07 Å². The molecule has 0 spiro atoms. The average molecular weight is 462 g/mol. The van der Waals surface area contributed by atoms with E-state index in [2.05, 4.69) is 19.2 Å². The summed E-state index contributed by atoms with van der Waals surface area (Å²) >= 11 is 5.76. The molecule has 2 aliphatic rings. The quantitative estimate of drug-likeness (QED) is 0.481. The number of benzene rings is 2. The van der Waals surface area contributed by atoms with Crippen LogP contribution >= 0.6 is 11.6 Å². The number of rotatable bonds is 10. The SMILES string of the molecule is CC(OCCCNC(C)(C)Cc1ccc(Cl)c(F)c1)c1cccc2c1OC1C(C(=O)O)C21. The van der Waals surface area contributed by atoms with Crippen LogP contribution in [-0.2, 0) is 16.0 Å². The van der Waals surface area contributed by atoms with Gasteiger partial charge in [-0.2, -0.15) is 0 Å². The second-order valence-corrected chi connectivity index (χ2v) is 9.75. The number of carboxylic acids is 1. The zero-order valence-electron chi connectivity index (χ0n) is 18.5. The van der Waals surface area contributed by atoms with E-state index in [1.807, 2.05) is 31.2 Å². The summed E-state index contributed by atoms with van der Waals surface area (Å²) in [5, 5.41) is 12.9. The van der Waals surface area contributed by atoms with Crippen LogP contribution in [0.2, 0.25) is 5.02 Å². The number of aliphatic carboxylic acids is 1. The largest absolute Gasteiger partial charge is 0.488 e. The molecule has 0 aromatic heterocycles. The predicted octanol–water partition coefficient (Wildman–Crippen LogP) is 5.12. The highest BCUT2D eigenvalue weighted by Crippen LogP contribution is 2.59. The van der Waals surface area contributed by atoms with Crippen LogP contribution in [0, 0.1) is 11.7 Å². The second kappa shape index (κ2) is 9.00. The topological polar surface area (TPSA) is 67.8 Å². The van der Waals surface area contributed by atoms with Gasteiger partial charge in [0.15, 0.2) is 0 Å². The van der Waals surface area contributed by atoms with Crippen LogP contribution in [0.4, 0.5) is 4.39 Å². The molecule has 7 heteroatoms. The molecule has 2 aromatic rings. The molecule has 4 rings (SSSR count). The average Bonchev–Trinajstić information content (AvgIpc) is 3.32. The monoisotopic (exact) mass is 461 g/mol. The summed E-state index contributed by atoms with van der Waals surface area (Å²) in [6, 6.07) is 10.8. The first kappa shape index (κ1) is 23.0. The molecule has 4 unspecified atom stereocenters. The minimum absolute atomic E-state index is 0.0322. The third-order valence-corrected chi connectivity index (χ3v) is 6.60. The van der Waals surface area contributed by atoms with Crippen molar-refractivity contribution in [3.63, 3.8) is 0 Å². The first-order valence-electron chi connectivity index (χ1n) is 11.0. The minimum Gasteiger partial charge on any atom is -0.488 e. The van der Waals surface area contributed by atoms with Crippen LogP contribution in [0.15, 0.2) is 36.4 Å². The highest BCUT2D eigenvalue weighted by molar-refractivity contribution is 6.30. The van der Waals surface area contributed by atoms with Crippen molar-refractivity contribution >= 4 is 17.6 Å². The van der Waals surface area contributed by atoms with Crippen LogP contribution in [0.5, 0.6) is 5.75 Å². The van der Waals surface area contributed by atoms with Crippen molar-refractivity contribution in [2.75, 3.05) is 13.2 Å². The number of hydrogen-bond acceptors (Lipinski definition) is 4. The summed E-state index contributed by atoms with van der Waals surface area (Å²) in [6.45, 7) is 7.51. The van der Waals surface area contributed by atoms with Gasteiger partial charge in [-0.1, -0.05) is 35.9 Å². The first-order chi connectivity index (χ1) is 15.2. The lowest BCUT2D eigenvalue weighted by Gasteiger charge is -2.27. The van der Waals surface area contributed by atoms with Crippen molar-refractivity contribution in [2.24, 2.45) is 5.92 Å². The second-order valence-electron chi connectivity index (χ2n) is 9.34. The summed E-state index contributed by atoms with van der Waals surface area (Å²) in [4.78, 5) is 11.3. The van der Waals surface area contributed by atoms with Crippen molar-refractivity contribution in [3.8, 4) is 5.75 Å². The van der Waals surface area contributed by atoms with E-state index in [4.69, 9.17) is 21.1 Å². The maximum atomic E-state index is 13.7. The van der Waals surface area contributed by atoms with E-state index in [0.717, 1.165) is 35.4 Å². The Bertz CT molecular complexity index is 1010. The number of ether oxygens (including phenoxy) is 2. The van der Waals surface area contributed by atoms with Crippen LogP contribution < -0.4 is 10.1 Å². The predicted molar refractivity (Wildman–Crippen MR) is 121 cm³/mol. The molecule has 1 aliphatic heterocycles. The number of fused-ring (bicyclic) bond motifs is 3. The van der Waals surface area contributed by atoms with Crippen LogP contribution in [0.3, 0.4) is 0 Å². The molecular formula is C25H29ClFNO4. The zero-order chi connectivity index (χ0) is 23.0. The fraction of sp³-hybridized carbons (Fsp3) is 0.480. The molecule has 2 N–H and O–H groups in total. The normalized spacial score (nSPS) is 22.1. The molecular weight excluding hydrogens is 433 g/mol. The van der Waals surface area contributed by atoms with Gasteiger partial charge in [0.25, 0.3) is 0 Å². The van der Waals surface area contributed by atoms with Gasteiger partial charge in [0.2, 0.25) is 0 Å². The van der Waals surface area contributed by atoms with Gasteiger partial charge in [0, 0.05) is 29.2 Å². The smallest absolute Gasteiger partial charge is 0.311 e. The summed E-state index contributed by atoms with van der Waals surface area (Å²) in [5.74, 6) is -0.851. The lowest BCUT2D eigenvalue weighted by atomic mass is 9.95. The van der Waals surface area contributed by atoms with Crippen molar-refractivity contribution in [1.82, 2.24) is 5.32 Å². The van der Waals surface area contributed by atoms with Gasteiger partial charge in [-0.15, -0.1) is 0 Å². The number of para-hydroxylation sites is 1. The van der Waals surface area contributed by atoms with Gasteiger partial charge in [-0.25, -0.2) is 4.39 Å². The van der Waals surface area contributed by atoms with E-state index < -0.39 is 17.7 Å². The fourth-order valence-corrected chi connectivity index (χ4v) is 4.71. The third-order valence-electron chi connectivity index (χ3n) is 6.29. The molecule has 0 radical (unpaired) electrons. The molecule has 1 saturated carbocycles. The van der Waals surface area contributed by atoms with Gasteiger partial charge >= 0.3 is 5.97 Å². The van der Waals surface area contributed by atoms with Crippen LogP contribution in [-0.4, -0.2) is 35.9 Å². The van der Waals surface area contributed by atoms with Crippen LogP contribution in [0.1, 0.15) is 55.9 Å². The molecule has 1 fully saturated rings. The van der Waals surface area contributed by atoms with Gasteiger partial charge in [-0.3, -0.25) is 4.79 Å². The highest BCUT2D eigenvalue weighted by Gasteiger charge is 2.63. The number of hydrogen-bond donors (Lipinski definition) is 2. The van der Waals surface area contributed by atoms with Crippen LogP contribution in [0.25, 0.3) is 0 Å². The molecule has 5 nitrogen and oxygen atoms in total. The Hall–Kier alpha value is -2.15. The van der Waals surface area contributed by atoms with E-state index >= 15 is 0 Å². The lowest BCUT2D eigenvalue weighted by Crippen LogP contribution is -2.42. The lowest BCUT2D eigenvalue weighted by molar-refractivity contribution is -0.139. The van der Waals surface area contributed by atoms with Gasteiger partial charge in [-0.05, 0) is 57.9 Å². The van der Waals surface area contributed by atoms with Gasteiger partial charge in [0.1, 0.15) is 23.6 Å². The molecule has 1 heterocycles. The van der Waals surface area contributed by atoms with E-state index in [1.54, 1.807) is 6.07 Å². The number of nitrogens with one attached hydrogen (secondary N) is 1. The van der Waals surface area contributed by atoms with Crippen molar-refractivity contribution < 1.29 is 23.8 Å². The highest BCUT2D eigenvalue weighted by atomic mass is 35.5. The Morgan fingerprint density at radius 3 is 2.84 bits per heavy atom. The van der Waals surface area contributed by atoms with Crippen molar-refractivity contribution in [2.45, 2.75) is 57.3 Å². The molecule has 1 aliphatic carbocycles. The standard InChI is InChI=1S/C25H29ClFNO4/c1-14(16-6-4-7-17-20-21(24(29)30)23(20)32-22(16)17)31-11-5-10-28-25(2,3)13-15-8-9-18(26)19(27)12-15/h4,6-9,12,14,20-21,23,28H,5,10-11,13H2,1-3H3,(H,29,30). The maximum absolute atomic E-state index is 13.7.